The van der Waals surface area contributed by atoms with Gasteiger partial charge in [0.15, 0.2) is 0 Å². The summed E-state index contributed by atoms with van der Waals surface area (Å²) in [6.07, 6.45) is 6.10. The standard InChI is InChI=1S/C19H20N4O3S2/c24-28(25,23-10-2-1-3-11-23)17-8-6-15(7-9-17)18-14-27-19(21-18)22-20-13-16-5-4-12-26-16/h4-9,12-14H,1-3,10-11H2,(H,21,22)/b20-13-. The van der Waals surface area contributed by atoms with Crippen LogP contribution >= 0.6 is 11.3 Å². The average Bonchev–Trinajstić information content (AvgIpc) is 3.41. The minimum atomic E-state index is -3.41. The first kappa shape index (κ1) is 18.9. The topological polar surface area (TPSA) is 87.8 Å². The van der Waals surface area contributed by atoms with Crippen molar-refractivity contribution in [1.29, 1.82) is 0 Å². The first-order chi connectivity index (χ1) is 13.6. The quantitative estimate of drug-likeness (QED) is 0.484. The number of anilines is 1. The highest BCUT2D eigenvalue weighted by atomic mass is 32.2. The van der Waals surface area contributed by atoms with Crippen LogP contribution in [0.2, 0.25) is 0 Å². The predicted octanol–water partition coefficient (Wildman–Crippen LogP) is 4.02. The van der Waals surface area contributed by atoms with E-state index in [0.29, 0.717) is 28.9 Å². The van der Waals surface area contributed by atoms with Crippen LogP contribution in [-0.2, 0) is 10.0 Å². The van der Waals surface area contributed by atoms with Crippen LogP contribution in [0.25, 0.3) is 11.3 Å². The lowest BCUT2D eigenvalue weighted by Crippen LogP contribution is -2.35. The highest BCUT2D eigenvalue weighted by Crippen LogP contribution is 2.27. The molecule has 0 spiro atoms. The summed E-state index contributed by atoms with van der Waals surface area (Å²) in [5.41, 5.74) is 4.49. The molecule has 1 N–H and O–H groups in total. The molecule has 3 aromatic rings. The monoisotopic (exact) mass is 416 g/mol. The maximum atomic E-state index is 12.7. The van der Waals surface area contributed by atoms with Crippen LogP contribution in [0.5, 0.6) is 0 Å². The highest BCUT2D eigenvalue weighted by Gasteiger charge is 2.25. The maximum absolute atomic E-state index is 12.7. The van der Waals surface area contributed by atoms with Gasteiger partial charge in [-0.1, -0.05) is 18.6 Å². The third kappa shape index (κ3) is 4.16. The van der Waals surface area contributed by atoms with Crippen molar-refractivity contribution in [2.24, 2.45) is 5.10 Å². The third-order valence-corrected chi connectivity index (χ3v) is 7.16. The van der Waals surface area contributed by atoms with Crippen LogP contribution in [0.3, 0.4) is 0 Å². The molecule has 1 saturated heterocycles. The summed E-state index contributed by atoms with van der Waals surface area (Å²) in [6, 6.07) is 10.5. The second kappa shape index (κ2) is 8.26. The minimum absolute atomic E-state index is 0.328. The second-order valence-electron chi connectivity index (χ2n) is 6.41. The van der Waals surface area contributed by atoms with E-state index in [2.05, 4.69) is 15.5 Å². The van der Waals surface area contributed by atoms with E-state index < -0.39 is 10.0 Å². The minimum Gasteiger partial charge on any atom is -0.463 e. The first-order valence-electron chi connectivity index (χ1n) is 9.02. The van der Waals surface area contributed by atoms with Crippen LogP contribution in [0.1, 0.15) is 25.0 Å². The molecular weight excluding hydrogens is 396 g/mol. The Morgan fingerprint density at radius 3 is 2.64 bits per heavy atom. The molecule has 4 rings (SSSR count). The van der Waals surface area contributed by atoms with Gasteiger partial charge in [-0.3, -0.25) is 5.43 Å². The highest BCUT2D eigenvalue weighted by molar-refractivity contribution is 7.89. The van der Waals surface area contributed by atoms with Gasteiger partial charge in [0, 0.05) is 24.0 Å². The van der Waals surface area contributed by atoms with Crippen molar-refractivity contribution in [3.05, 3.63) is 53.8 Å². The molecule has 1 aliphatic heterocycles. The molecule has 0 amide bonds. The van der Waals surface area contributed by atoms with Crippen LogP contribution in [0, 0.1) is 0 Å². The number of hydrogen-bond donors (Lipinski definition) is 1. The van der Waals surface area contributed by atoms with Crippen LogP contribution in [-0.4, -0.2) is 37.0 Å². The number of benzene rings is 1. The average molecular weight is 417 g/mol. The van der Waals surface area contributed by atoms with Gasteiger partial charge in [0.05, 0.1) is 23.1 Å². The molecule has 0 aliphatic carbocycles. The Kier molecular flexibility index (Phi) is 5.56. The Bertz CT molecular complexity index is 1040. The van der Waals surface area contributed by atoms with E-state index in [1.54, 1.807) is 53.2 Å². The van der Waals surface area contributed by atoms with Crippen molar-refractivity contribution in [1.82, 2.24) is 9.29 Å². The lowest BCUT2D eigenvalue weighted by Gasteiger charge is -2.25. The van der Waals surface area contributed by atoms with E-state index in [1.165, 1.54) is 11.3 Å². The van der Waals surface area contributed by atoms with Gasteiger partial charge >= 0.3 is 0 Å². The van der Waals surface area contributed by atoms with Crippen molar-refractivity contribution >= 4 is 32.7 Å². The molecule has 1 aromatic carbocycles. The zero-order chi connectivity index (χ0) is 19.4. The first-order valence-corrected chi connectivity index (χ1v) is 11.3. The summed E-state index contributed by atoms with van der Waals surface area (Å²) >= 11 is 1.42. The number of furan rings is 1. The number of rotatable bonds is 6. The van der Waals surface area contributed by atoms with E-state index >= 15 is 0 Å². The number of thiazole rings is 1. The summed E-state index contributed by atoms with van der Waals surface area (Å²) in [4.78, 5) is 4.81. The van der Waals surface area contributed by atoms with E-state index in [9.17, 15) is 8.42 Å². The summed E-state index contributed by atoms with van der Waals surface area (Å²) in [5, 5.41) is 6.63. The molecule has 9 heteroatoms. The summed E-state index contributed by atoms with van der Waals surface area (Å²) in [6.45, 7) is 1.20. The Balaban J connectivity index is 1.45. The van der Waals surface area contributed by atoms with E-state index in [-0.39, 0.29) is 0 Å². The number of nitrogens with one attached hydrogen (secondary N) is 1. The number of hydrazone groups is 1. The fourth-order valence-electron chi connectivity index (χ4n) is 3.03. The lowest BCUT2D eigenvalue weighted by molar-refractivity contribution is 0.346. The molecular formula is C19H20N4O3S2. The summed E-state index contributed by atoms with van der Waals surface area (Å²) in [7, 11) is -3.41. The predicted molar refractivity (Wildman–Crippen MR) is 110 cm³/mol. The van der Waals surface area contributed by atoms with Crippen molar-refractivity contribution < 1.29 is 12.8 Å². The molecule has 2 aromatic heterocycles. The Morgan fingerprint density at radius 2 is 1.93 bits per heavy atom. The Hall–Kier alpha value is -2.49. The van der Waals surface area contributed by atoms with Crippen LogP contribution in [0.4, 0.5) is 5.13 Å². The summed E-state index contributed by atoms with van der Waals surface area (Å²) < 4.78 is 32.2. The number of hydrogen-bond acceptors (Lipinski definition) is 7. The van der Waals surface area contributed by atoms with Gasteiger partial charge in [-0.15, -0.1) is 11.3 Å². The van der Waals surface area contributed by atoms with Gasteiger partial charge in [0.2, 0.25) is 15.2 Å². The Labute approximate surface area is 167 Å². The zero-order valence-corrected chi connectivity index (χ0v) is 16.7. The van der Waals surface area contributed by atoms with Crippen molar-refractivity contribution in [3.8, 4) is 11.3 Å². The number of sulfonamides is 1. The number of nitrogens with zero attached hydrogens (tertiary/aromatic N) is 3. The third-order valence-electron chi connectivity index (χ3n) is 4.50. The lowest BCUT2D eigenvalue weighted by atomic mass is 10.2. The normalized spacial score (nSPS) is 15.9. The molecule has 1 aliphatic rings. The van der Waals surface area contributed by atoms with Crippen molar-refractivity contribution in [2.75, 3.05) is 18.5 Å². The molecule has 146 valence electrons. The molecule has 0 bridgehead atoms. The van der Waals surface area contributed by atoms with Gasteiger partial charge in [0.1, 0.15) is 5.76 Å². The van der Waals surface area contributed by atoms with Crippen molar-refractivity contribution in [2.45, 2.75) is 24.2 Å². The fraction of sp³-hybridized carbons (Fsp3) is 0.263. The van der Waals surface area contributed by atoms with E-state index in [0.717, 1.165) is 30.5 Å². The maximum Gasteiger partial charge on any atom is 0.243 e. The molecule has 3 heterocycles. The van der Waals surface area contributed by atoms with Gasteiger partial charge in [0.25, 0.3) is 0 Å². The molecule has 0 saturated carbocycles. The molecule has 0 atom stereocenters. The Morgan fingerprint density at radius 1 is 1.14 bits per heavy atom. The smallest absolute Gasteiger partial charge is 0.243 e. The molecule has 28 heavy (non-hydrogen) atoms. The van der Waals surface area contributed by atoms with Gasteiger partial charge in [-0.2, -0.15) is 9.41 Å². The largest absolute Gasteiger partial charge is 0.463 e. The fourth-order valence-corrected chi connectivity index (χ4v) is 5.21. The van der Waals surface area contributed by atoms with Gasteiger partial charge < -0.3 is 4.42 Å². The SMILES string of the molecule is O=S(=O)(c1ccc(-c2csc(N/N=C\c3ccco3)n2)cc1)N1CCCCC1. The van der Waals surface area contributed by atoms with E-state index in [4.69, 9.17) is 4.42 Å². The summed E-state index contributed by atoms with van der Waals surface area (Å²) in [5.74, 6) is 0.648. The zero-order valence-electron chi connectivity index (χ0n) is 15.1. The molecule has 1 fully saturated rings. The molecule has 0 radical (unpaired) electrons. The second-order valence-corrected chi connectivity index (χ2v) is 9.21. The van der Waals surface area contributed by atoms with Gasteiger partial charge in [-0.25, -0.2) is 13.4 Å². The van der Waals surface area contributed by atoms with Crippen molar-refractivity contribution in [3.63, 3.8) is 0 Å². The van der Waals surface area contributed by atoms with E-state index in [1.807, 2.05) is 5.38 Å². The molecule has 7 nitrogen and oxygen atoms in total. The number of aromatic nitrogens is 1. The van der Waals surface area contributed by atoms with Gasteiger partial charge in [-0.05, 0) is 37.1 Å². The number of piperidine rings is 1. The molecule has 0 unspecified atom stereocenters. The van der Waals surface area contributed by atoms with Crippen LogP contribution in [0.15, 0.2) is 62.5 Å². The van der Waals surface area contributed by atoms with Crippen LogP contribution < -0.4 is 5.43 Å².